The lowest BCUT2D eigenvalue weighted by atomic mass is 10.1. The van der Waals surface area contributed by atoms with Crippen molar-refractivity contribution in [2.45, 2.75) is 25.8 Å². The summed E-state index contributed by atoms with van der Waals surface area (Å²) in [5.41, 5.74) is 0.623. The number of halogens is 1. The molecule has 1 fully saturated rings. The normalized spacial score (nSPS) is 20.9. The number of nitrogens with one attached hydrogen (secondary N) is 1. The minimum Gasteiger partial charge on any atom is -0.340 e. The third-order valence-corrected chi connectivity index (χ3v) is 3.90. The first-order valence-electron chi connectivity index (χ1n) is 6.85. The zero-order valence-corrected chi connectivity index (χ0v) is 11.5. The number of carbonyl (C=O) groups is 1. The molecule has 1 heterocycles. The Kier molecular flexibility index (Phi) is 4.53. The molecule has 1 aliphatic rings. The first-order valence-corrected chi connectivity index (χ1v) is 6.85. The molecule has 1 aromatic carbocycles. The van der Waals surface area contributed by atoms with Crippen LogP contribution >= 0.6 is 0 Å². The highest BCUT2D eigenvalue weighted by Gasteiger charge is 2.30. The zero-order valence-electron chi connectivity index (χ0n) is 11.5. The molecular formula is C15H21FN2O. The van der Waals surface area contributed by atoms with Gasteiger partial charge in [0.05, 0.1) is 6.04 Å². The zero-order chi connectivity index (χ0) is 13.8. The Bertz CT molecular complexity index is 450. The fourth-order valence-electron chi connectivity index (χ4n) is 2.63. The minimum absolute atomic E-state index is 0.152. The lowest BCUT2D eigenvalue weighted by Gasteiger charge is -2.24. The van der Waals surface area contributed by atoms with E-state index in [0.717, 1.165) is 13.0 Å². The van der Waals surface area contributed by atoms with Crippen LogP contribution in [0.1, 0.15) is 31.4 Å². The summed E-state index contributed by atoms with van der Waals surface area (Å²) >= 11 is 0. The number of nitrogens with zero attached hydrogens (tertiary/aromatic N) is 1. The molecule has 0 spiro atoms. The highest BCUT2D eigenvalue weighted by Crippen LogP contribution is 2.24. The number of likely N-dealkylation sites (N-methyl/N-ethyl adjacent to an activating group) is 1. The molecule has 2 atom stereocenters. The highest BCUT2D eigenvalue weighted by molar-refractivity contribution is 5.78. The number of likely N-dealkylation sites (tertiary alicyclic amines) is 1. The van der Waals surface area contributed by atoms with Gasteiger partial charge in [-0.3, -0.25) is 4.79 Å². The Balaban J connectivity index is 2.08. The summed E-state index contributed by atoms with van der Waals surface area (Å²) < 4.78 is 13.8. The Morgan fingerprint density at radius 3 is 2.79 bits per heavy atom. The summed E-state index contributed by atoms with van der Waals surface area (Å²) in [7, 11) is 1.80. The van der Waals surface area contributed by atoms with Gasteiger partial charge in [0.25, 0.3) is 0 Å². The summed E-state index contributed by atoms with van der Waals surface area (Å²) in [6.07, 6.45) is 1.65. The topological polar surface area (TPSA) is 32.3 Å². The molecule has 3 nitrogen and oxygen atoms in total. The van der Waals surface area contributed by atoms with Crippen molar-refractivity contribution < 1.29 is 9.18 Å². The quantitative estimate of drug-likeness (QED) is 0.885. The second-order valence-electron chi connectivity index (χ2n) is 5.14. The van der Waals surface area contributed by atoms with Crippen molar-refractivity contribution in [1.29, 1.82) is 0 Å². The van der Waals surface area contributed by atoms with E-state index in [0.29, 0.717) is 24.4 Å². The molecule has 19 heavy (non-hydrogen) atoms. The molecule has 2 unspecified atom stereocenters. The molecule has 104 valence electrons. The summed E-state index contributed by atoms with van der Waals surface area (Å²) in [5.74, 6) is 0.412. The molecule has 0 aliphatic carbocycles. The third kappa shape index (κ3) is 3.13. The monoisotopic (exact) mass is 264 g/mol. The van der Waals surface area contributed by atoms with Crippen molar-refractivity contribution in [2.75, 3.05) is 20.1 Å². The van der Waals surface area contributed by atoms with Crippen LogP contribution < -0.4 is 5.32 Å². The second kappa shape index (κ2) is 6.15. The summed E-state index contributed by atoms with van der Waals surface area (Å²) in [4.78, 5) is 13.8. The van der Waals surface area contributed by atoms with E-state index in [4.69, 9.17) is 0 Å². The van der Waals surface area contributed by atoms with Crippen LogP contribution in [0.25, 0.3) is 0 Å². The van der Waals surface area contributed by atoms with E-state index in [-0.39, 0.29) is 17.8 Å². The first-order chi connectivity index (χ1) is 9.15. The van der Waals surface area contributed by atoms with E-state index in [1.807, 2.05) is 11.0 Å². The second-order valence-corrected chi connectivity index (χ2v) is 5.14. The van der Waals surface area contributed by atoms with Gasteiger partial charge in [-0.1, -0.05) is 31.5 Å². The standard InChI is InChI=1S/C15H21FN2O/c1-3-11-8-15(19)18(9-11)10-14(17-2)12-6-4-5-7-13(12)16/h4-7,11,14,17H,3,8-10H2,1-2H3. The van der Waals surface area contributed by atoms with E-state index in [1.54, 1.807) is 19.2 Å². The predicted octanol–water partition coefficient (Wildman–Crippen LogP) is 2.34. The van der Waals surface area contributed by atoms with Crippen LogP contribution in [0.2, 0.25) is 0 Å². The molecule has 1 N–H and O–H groups in total. The van der Waals surface area contributed by atoms with Gasteiger partial charge in [-0.2, -0.15) is 0 Å². The number of rotatable bonds is 5. The number of hydrogen-bond donors (Lipinski definition) is 1. The van der Waals surface area contributed by atoms with Gasteiger partial charge >= 0.3 is 0 Å². The lowest BCUT2D eigenvalue weighted by molar-refractivity contribution is -0.128. The lowest BCUT2D eigenvalue weighted by Crippen LogP contribution is -2.35. The van der Waals surface area contributed by atoms with Crippen molar-refractivity contribution in [2.24, 2.45) is 5.92 Å². The van der Waals surface area contributed by atoms with Crippen molar-refractivity contribution in [3.63, 3.8) is 0 Å². The van der Waals surface area contributed by atoms with Gasteiger partial charge < -0.3 is 10.2 Å². The molecule has 0 aromatic heterocycles. The van der Waals surface area contributed by atoms with Crippen LogP contribution in [-0.4, -0.2) is 30.9 Å². The highest BCUT2D eigenvalue weighted by atomic mass is 19.1. The maximum Gasteiger partial charge on any atom is 0.222 e. The van der Waals surface area contributed by atoms with Crippen LogP contribution in [-0.2, 0) is 4.79 Å². The average Bonchev–Trinajstić information content (AvgIpc) is 2.77. The van der Waals surface area contributed by atoms with Crippen LogP contribution in [0.5, 0.6) is 0 Å². The maximum absolute atomic E-state index is 13.8. The van der Waals surface area contributed by atoms with Gasteiger partial charge in [-0.05, 0) is 19.0 Å². The van der Waals surface area contributed by atoms with Gasteiger partial charge in [0, 0.05) is 25.1 Å². The molecule has 2 rings (SSSR count). The van der Waals surface area contributed by atoms with Crippen LogP contribution in [0.15, 0.2) is 24.3 Å². The molecule has 4 heteroatoms. The Morgan fingerprint density at radius 1 is 1.47 bits per heavy atom. The van der Waals surface area contributed by atoms with Gasteiger partial charge in [0.1, 0.15) is 5.82 Å². The van der Waals surface area contributed by atoms with Crippen LogP contribution in [0.3, 0.4) is 0 Å². The SMILES string of the molecule is CCC1CC(=O)N(CC(NC)c2ccccc2F)C1. The van der Waals surface area contributed by atoms with E-state index >= 15 is 0 Å². The summed E-state index contributed by atoms with van der Waals surface area (Å²) in [6.45, 7) is 3.43. The molecule has 1 aromatic rings. The van der Waals surface area contributed by atoms with E-state index in [9.17, 15) is 9.18 Å². The van der Waals surface area contributed by atoms with Crippen molar-refractivity contribution in [3.05, 3.63) is 35.6 Å². The molecule has 1 saturated heterocycles. The summed E-state index contributed by atoms with van der Waals surface area (Å²) in [5, 5.41) is 3.11. The Hall–Kier alpha value is -1.42. The Labute approximate surface area is 113 Å². The number of hydrogen-bond acceptors (Lipinski definition) is 2. The van der Waals surface area contributed by atoms with Crippen LogP contribution in [0.4, 0.5) is 4.39 Å². The fraction of sp³-hybridized carbons (Fsp3) is 0.533. The summed E-state index contributed by atoms with van der Waals surface area (Å²) in [6, 6.07) is 6.58. The number of amides is 1. The van der Waals surface area contributed by atoms with Gasteiger partial charge in [0.2, 0.25) is 5.91 Å². The molecule has 1 aliphatic heterocycles. The van der Waals surface area contributed by atoms with Gasteiger partial charge in [-0.25, -0.2) is 4.39 Å². The predicted molar refractivity (Wildman–Crippen MR) is 73.2 cm³/mol. The number of benzene rings is 1. The average molecular weight is 264 g/mol. The third-order valence-electron chi connectivity index (χ3n) is 3.90. The molecule has 0 bridgehead atoms. The molecular weight excluding hydrogens is 243 g/mol. The van der Waals surface area contributed by atoms with E-state index in [2.05, 4.69) is 12.2 Å². The molecule has 1 amide bonds. The van der Waals surface area contributed by atoms with Crippen molar-refractivity contribution in [1.82, 2.24) is 10.2 Å². The largest absolute Gasteiger partial charge is 0.340 e. The first kappa shape index (κ1) is 14.0. The van der Waals surface area contributed by atoms with E-state index in [1.165, 1.54) is 6.07 Å². The Morgan fingerprint density at radius 2 is 2.21 bits per heavy atom. The van der Waals surface area contributed by atoms with Crippen molar-refractivity contribution >= 4 is 5.91 Å². The minimum atomic E-state index is -0.222. The van der Waals surface area contributed by atoms with Gasteiger partial charge in [-0.15, -0.1) is 0 Å². The fourth-order valence-corrected chi connectivity index (χ4v) is 2.63. The maximum atomic E-state index is 13.8. The number of carbonyl (C=O) groups excluding carboxylic acids is 1. The van der Waals surface area contributed by atoms with E-state index < -0.39 is 0 Å². The smallest absolute Gasteiger partial charge is 0.222 e. The van der Waals surface area contributed by atoms with Gasteiger partial charge in [0.15, 0.2) is 0 Å². The molecule has 0 saturated carbocycles. The molecule has 0 radical (unpaired) electrons. The van der Waals surface area contributed by atoms with Crippen molar-refractivity contribution in [3.8, 4) is 0 Å². The van der Waals surface area contributed by atoms with Crippen LogP contribution in [0, 0.1) is 11.7 Å².